The summed E-state index contributed by atoms with van der Waals surface area (Å²) in [5.41, 5.74) is 4.30. The number of aromatic nitrogens is 1. The van der Waals surface area contributed by atoms with Gasteiger partial charge in [0.1, 0.15) is 25.1 Å². The maximum atomic E-state index is 14.1. The SMILES string of the molecule is CC.CCCCN1CN(C2c3ccccc3SCc3cccc(OCCC)c32)n2ccc(=O)c(OCc3ccccc3)c2C1=O. The Morgan fingerprint density at radius 2 is 1.64 bits per heavy atom. The molecule has 2 aliphatic heterocycles. The molecule has 0 aliphatic carbocycles. The van der Waals surface area contributed by atoms with Gasteiger partial charge in [0.15, 0.2) is 11.4 Å². The van der Waals surface area contributed by atoms with E-state index in [1.165, 1.54) is 16.5 Å². The van der Waals surface area contributed by atoms with Crippen molar-refractivity contribution in [2.45, 2.75) is 70.3 Å². The second-order valence-corrected chi connectivity index (χ2v) is 11.9. The lowest BCUT2D eigenvalue weighted by atomic mass is 9.93. The van der Waals surface area contributed by atoms with Crippen molar-refractivity contribution in [1.82, 2.24) is 9.58 Å². The predicted molar refractivity (Wildman–Crippen MR) is 182 cm³/mol. The van der Waals surface area contributed by atoms with Gasteiger partial charge in [-0.3, -0.25) is 19.3 Å². The summed E-state index contributed by atoms with van der Waals surface area (Å²) in [5, 5.41) is 2.20. The van der Waals surface area contributed by atoms with Gasteiger partial charge in [-0.2, -0.15) is 0 Å². The molecule has 1 atom stereocenters. The average molecular weight is 626 g/mol. The van der Waals surface area contributed by atoms with Crippen LogP contribution in [-0.4, -0.2) is 35.3 Å². The van der Waals surface area contributed by atoms with Crippen LogP contribution in [0.15, 0.2) is 94.7 Å². The fraction of sp³-hybridized carbons (Fsp3) is 0.351. The molecule has 1 amide bonds. The van der Waals surface area contributed by atoms with E-state index in [9.17, 15) is 9.59 Å². The molecular formula is C37H43N3O4S. The molecule has 0 fully saturated rings. The molecule has 0 spiro atoms. The largest absolute Gasteiger partial charge is 0.493 e. The van der Waals surface area contributed by atoms with Gasteiger partial charge in [-0.15, -0.1) is 11.8 Å². The number of fused-ring (bicyclic) bond motifs is 3. The zero-order valence-corrected chi connectivity index (χ0v) is 27.5. The van der Waals surface area contributed by atoms with E-state index in [-0.39, 0.29) is 35.4 Å². The van der Waals surface area contributed by atoms with Gasteiger partial charge >= 0.3 is 0 Å². The molecule has 4 aromatic rings. The summed E-state index contributed by atoms with van der Waals surface area (Å²) in [4.78, 5) is 30.5. The monoisotopic (exact) mass is 625 g/mol. The highest BCUT2D eigenvalue weighted by molar-refractivity contribution is 7.98. The lowest BCUT2D eigenvalue weighted by Crippen LogP contribution is -2.56. The van der Waals surface area contributed by atoms with E-state index in [0.717, 1.165) is 47.5 Å². The maximum absolute atomic E-state index is 14.1. The first-order valence-electron chi connectivity index (χ1n) is 16.1. The van der Waals surface area contributed by atoms with Crippen LogP contribution in [0.1, 0.15) is 85.7 Å². The van der Waals surface area contributed by atoms with Crippen molar-refractivity contribution in [1.29, 1.82) is 0 Å². The molecule has 0 bridgehead atoms. The summed E-state index contributed by atoms with van der Waals surface area (Å²) in [6.07, 6.45) is 4.42. The number of unbranched alkanes of at least 4 members (excludes halogenated alkanes) is 1. The summed E-state index contributed by atoms with van der Waals surface area (Å²) in [7, 11) is 0. The first kappa shape index (κ1) is 32.2. The van der Waals surface area contributed by atoms with Gasteiger partial charge in [-0.1, -0.05) is 94.8 Å². The maximum Gasteiger partial charge on any atom is 0.277 e. The van der Waals surface area contributed by atoms with Crippen molar-refractivity contribution in [3.63, 3.8) is 0 Å². The highest BCUT2D eigenvalue weighted by atomic mass is 32.2. The normalized spacial score (nSPS) is 15.2. The molecule has 3 heterocycles. The molecule has 0 saturated carbocycles. The lowest BCUT2D eigenvalue weighted by molar-refractivity contribution is 0.0673. The van der Waals surface area contributed by atoms with Crippen molar-refractivity contribution >= 4 is 17.7 Å². The minimum Gasteiger partial charge on any atom is -0.493 e. The van der Waals surface area contributed by atoms with E-state index < -0.39 is 0 Å². The Kier molecular flexibility index (Phi) is 10.9. The number of ether oxygens (including phenoxy) is 2. The molecule has 0 N–H and O–H groups in total. The Labute approximate surface area is 270 Å². The number of rotatable bonds is 10. The van der Waals surface area contributed by atoms with E-state index in [2.05, 4.69) is 55.3 Å². The van der Waals surface area contributed by atoms with Crippen LogP contribution in [0, 0.1) is 0 Å². The van der Waals surface area contributed by atoms with E-state index in [1.54, 1.807) is 6.20 Å². The van der Waals surface area contributed by atoms with Crippen LogP contribution < -0.4 is 19.9 Å². The summed E-state index contributed by atoms with van der Waals surface area (Å²) in [6, 6.07) is 25.7. The molecule has 236 valence electrons. The second-order valence-electron chi connectivity index (χ2n) is 10.9. The minimum absolute atomic E-state index is 0.0783. The zero-order chi connectivity index (χ0) is 31.8. The van der Waals surface area contributed by atoms with Crippen LogP contribution in [0.3, 0.4) is 0 Å². The summed E-state index contributed by atoms with van der Waals surface area (Å²) >= 11 is 1.81. The standard InChI is InChI=1S/C35H37N3O4S.C2H6/c1-3-5-19-36-24-38(37-20-18-28(39)34(33(37)35(36)40)42-22-25-12-7-6-8-13-25)32-27-15-9-10-17-30(27)43-23-26-14-11-16-29(31(26)32)41-21-4-2;1-2/h6-18,20,32H,3-5,19,21-24H2,1-2H3;1-2H3. The van der Waals surface area contributed by atoms with Gasteiger partial charge in [0.05, 0.1) is 6.61 Å². The molecule has 6 rings (SSSR count). The fourth-order valence-corrected chi connectivity index (χ4v) is 6.88. The van der Waals surface area contributed by atoms with Crippen molar-refractivity contribution in [3.05, 3.63) is 123 Å². The second kappa shape index (κ2) is 15.2. The molecule has 0 radical (unpaired) electrons. The van der Waals surface area contributed by atoms with Crippen LogP contribution in [0.2, 0.25) is 0 Å². The minimum atomic E-state index is -0.308. The number of hydrogen-bond acceptors (Lipinski definition) is 6. The van der Waals surface area contributed by atoms with Crippen LogP contribution in [-0.2, 0) is 12.4 Å². The highest BCUT2D eigenvalue weighted by Crippen LogP contribution is 2.46. The van der Waals surface area contributed by atoms with Gasteiger partial charge in [0, 0.05) is 35.0 Å². The first-order chi connectivity index (χ1) is 22.1. The third-order valence-corrected chi connectivity index (χ3v) is 9.05. The third-order valence-electron chi connectivity index (χ3n) is 7.91. The number of hydrogen-bond donors (Lipinski definition) is 0. The predicted octanol–water partition coefficient (Wildman–Crippen LogP) is 7.79. The average Bonchev–Trinajstić information content (AvgIpc) is 3.25. The van der Waals surface area contributed by atoms with Crippen LogP contribution in [0.5, 0.6) is 11.5 Å². The Morgan fingerprint density at radius 1 is 0.867 bits per heavy atom. The van der Waals surface area contributed by atoms with E-state index >= 15 is 0 Å². The number of thioether (sulfide) groups is 1. The number of amides is 1. The Hall–Kier alpha value is -4.17. The van der Waals surface area contributed by atoms with E-state index in [4.69, 9.17) is 9.47 Å². The summed E-state index contributed by atoms with van der Waals surface area (Å²) < 4.78 is 14.4. The van der Waals surface area contributed by atoms with Crippen LogP contribution >= 0.6 is 11.8 Å². The zero-order valence-electron chi connectivity index (χ0n) is 26.7. The molecule has 45 heavy (non-hydrogen) atoms. The van der Waals surface area contributed by atoms with E-state index in [1.807, 2.05) is 71.6 Å². The summed E-state index contributed by atoms with van der Waals surface area (Å²) in [5.74, 6) is 1.54. The molecule has 2 aliphatic rings. The molecule has 3 aromatic carbocycles. The quantitative estimate of drug-likeness (QED) is 0.179. The Bertz CT molecular complexity index is 1660. The third kappa shape index (κ3) is 6.76. The van der Waals surface area contributed by atoms with Gasteiger partial charge in [-0.05, 0) is 41.7 Å². The smallest absolute Gasteiger partial charge is 0.277 e. The van der Waals surface area contributed by atoms with Crippen LogP contribution in [0.25, 0.3) is 0 Å². The van der Waals surface area contributed by atoms with E-state index in [0.29, 0.717) is 19.8 Å². The van der Waals surface area contributed by atoms with Crippen molar-refractivity contribution < 1.29 is 14.3 Å². The van der Waals surface area contributed by atoms with Crippen molar-refractivity contribution in [3.8, 4) is 11.5 Å². The molecule has 7 nitrogen and oxygen atoms in total. The van der Waals surface area contributed by atoms with Crippen LogP contribution in [0.4, 0.5) is 0 Å². The topological polar surface area (TPSA) is 64.0 Å². The van der Waals surface area contributed by atoms with Gasteiger partial charge in [0.25, 0.3) is 5.91 Å². The lowest BCUT2D eigenvalue weighted by Gasteiger charge is -2.44. The van der Waals surface area contributed by atoms with Gasteiger partial charge < -0.3 is 14.4 Å². The Balaban J connectivity index is 0.00000196. The number of nitrogens with zero attached hydrogens (tertiary/aromatic N) is 3. The molecule has 1 aromatic heterocycles. The highest BCUT2D eigenvalue weighted by Gasteiger charge is 2.40. The van der Waals surface area contributed by atoms with Gasteiger partial charge in [-0.25, -0.2) is 0 Å². The molecule has 1 unspecified atom stereocenters. The molecular weight excluding hydrogens is 582 g/mol. The number of carbonyl (C=O) groups excluding carboxylic acids is 1. The molecule has 0 saturated heterocycles. The number of benzene rings is 3. The molecule has 8 heteroatoms. The summed E-state index contributed by atoms with van der Waals surface area (Å²) in [6.45, 7) is 9.96. The van der Waals surface area contributed by atoms with Gasteiger partial charge in [0.2, 0.25) is 5.43 Å². The van der Waals surface area contributed by atoms with Crippen molar-refractivity contribution in [2.24, 2.45) is 0 Å². The first-order valence-corrected chi connectivity index (χ1v) is 17.0. The number of carbonyl (C=O) groups is 1. The van der Waals surface area contributed by atoms with Crippen molar-refractivity contribution in [2.75, 3.05) is 24.8 Å². The Morgan fingerprint density at radius 3 is 2.42 bits per heavy atom. The fourth-order valence-electron chi connectivity index (χ4n) is 5.79. The number of pyridine rings is 1.